The van der Waals surface area contributed by atoms with E-state index < -0.39 is 5.60 Å². The van der Waals surface area contributed by atoms with E-state index in [1.54, 1.807) is 5.01 Å². The van der Waals surface area contributed by atoms with Crippen molar-refractivity contribution in [1.82, 2.24) is 0 Å². The van der Waals surface area contributed by atoms with Gasteiger partial charge in [0.15, 0.2) is 0 Å². The Morgan fingerprint density at radius 2 is 1.86 bits per heavy atom. The molecule has 0 saturated heterocycles. The second-order valence-corrected chi connectivity index (χ2v) is 7.09. The fourth-order valence-electron chi connectivity index (χ4n) is 3.14. The van der Waals surface area contributed by atoms with Gasteiger partial charge < -0.3 is 15.2 Å². The summed E-state index contributed by atoms with van der Waals surface area (Å²) in [5.74, 6) is 1.67. The van der Waals surface area contributed by atoms with Crippen LogP contribution >= 0.6 is 12.4 Å². The van der Waals surface area contributed by atoms with Crippen LogP contribution in [-0.4, -0.2) is 17.9 Å². The Morgan fingerprint density at radius 3 is 2.59 bits per heavy atom. The third-order valence-electron chi connectivity index (χ3n) is 4.51. The summed E-state index contributed by atoms with van der Waals surface area (Å²) in [4.78, 5) is 0. The summed E-state index contributed by atoms with van der Waals surface area (Å²) in [5.41, 5.74) is 8.37. The number of para-hydroxylation sites is 1. The molecule has 2 heterocycles. The number of ether oxygens (including phenoxy) is 2. The van der Waals surface area contributed by atoms with Gasteiger partial charge in [0.1, 0.15) is 29.0 Å². The summed E-state index contributed by atoms with van der Waals surface area (Å²) in [6.45, 7) is 4.20. The van der Waals surface area contributed by atoms with Gasteiger partial charge in [-0.15, -0.1) is 12.4 Å². The SMILES string of the molecule is CC1(C)C=C2C(=NN(c3cccc(Oc4ccccc4)c3)C(N)=C2C#N)CO1.Cl. The minimum Gasteiger partial charge on any atom is -0.457 e. The van der Waals surface area contributed by atoms with Crippen molar-refractivity contribution in [3.63, 3.8) is 0 Å². The molecule has 2 aromatic carbocycles. The van der Waals surface area contributed by atoms with Gasteiger partial charge in [0.2, 0.25) is 0 Å². The molecule has 148 valence electrons. The predicted octanol–water partition coefficient (Wildman–Crippen LogP) is 4.51. The van der Waals surface area contributed by atoms with E-state index >= 15 is 0 Å². The zero-order valence-corrected chi connectivity index (χ0v) is 16.9. The molecule has 0 radical (unpaired) electrons. The van der Waals surface area contributed by atoms with Gasteiger partial charge in [0.25, 0.3) is 0 Å². The lowest BCUT2D eigenvalue weighted by Crippen LogP contribution is -2.39. The number of nitrogens with two attached hydrogens (primary N) is 1. The maximum absolute atomic E-state index is 9.71. The van der Waals surface area contributed by atoms with Crippen LogP contribution in [-0.2, 0) is 4.74 Å². The lowest BCUT2D eigenvalue weighted by molar-refractivity contribution is 0.0409. The van der Waals surface area contributed by atoms with Crippen molar-refractivity contribution < 1.29 is 9.47 Å². The number of fused-ring (bicyclic) bond motifs is 1. The fraction of sp³-hybridized carbons (Fsp3) is 0.182. The van der Waals surface area contributed by atoms with Crippen molar-refractivity contribution >= 4 is 23.8 Å². The van der Waals surface area contributed by atoms with Gasteiger partial charge in [-0.1, -0.05) is 24.3 Å². The quantitative estimate of drug-likeness (QED) is 0.807. The molecule has 0 fully saturated rings. The highest BCUT2D eigenvalue weighted by molar-refractivity contribution is 6.08. The molecule has 2 aliphatic rings. The lowest BCUT2D eigenvalue weighted by atomic mass is 9.92. The Labute approximate surface area is 175 Å². The monoisotopic (exact) mass is 408 g/mol. The molecule has 4 rings (SSSR count). The molecular formula is C22H21ClN4O2. The first-order chi connectivity index (χ1) is 13.5. The summed E-state index contributed by atoms with van der Waals surface area (Å²) in [6.07, 6.45) is 1.90. The average molecular weight is 409 g/mol. The number of anilines is 1. The summed E-state index contributed by atoms with van der Waals surface area (Å²) >= 11 is 0. The first-order valence-electron chi connectivity index (χ1n) is 8.95. The molecule has 0 atom stereocenters. The van der Waals surface area contributed by atoms with Gasteiger partial charge in [-0.2, -0.15) is 10.4 Å². The van der Waals surface area contributed by atoms with E-state index in [2.05, 4.69) is 11.2 Å². The summed E-state index contributed by atoms with van der Waals surface area (Å²) in [7, 11) is 0. The number of benzene rings is 2. The topological polar surface area (TPSA) is 83.9 Å². The molecule has 0 aliphatic carbocycles. The number of hydrogen-bond acceptors (Lipinski definition) is 6. The Bertz CT molecular complexity index is 1050. The van der Waals surface area contributed by atoms with E-state index in [-0.39, 0.29) is 18.2 Å². The molecule has 0 aromatic heterocycles. The normalized spacial score (nSPS) is 17.3. The van der Waals surface area contributed by atoms with E-state index in [1.165, 1.54) is 0 Å². The van der Waals surface area contributed by atoms with Crippen LogP contribution in [0.15, 0.2) is 82.7 Å². The maximum Gasteiger partial charge on any atom is 0.144 e. The summed E-state index contributed by atoms with van der Waals surface area (Å²) in [5, 5.41) is 15.9. The van der Waals surface area contributed by atoms with Gasteiger partial charge in [-0.3, -0.25) is 0 Å². The number of hydrogen-bond donors (Lipinski definition) is 1. The minimum atomic E-state index is -0.470. The van der Waals surface area contributed by atoms with E-state index in [4.69, 9.17) is 15.2 Å². The van der Waals surface area contributed by atoms with E-state index in [9.17, 15) is 5.26 Å². The molecule has 0 unspecified atom stereocenters. The van der Waals surface area contributed by atoms with Crippen molar-refractivity contribution in [2.45, 2.75) is 19.4 Å². The number of nitriles is 1. The van der Waals surface area contributed by atoms with Crippen molar-refractivity contribution in [1.29, 1.82) is 5.26 Å². The van der Waals surface area contributed by atoms with E-state index in [0.717, 1.165) is 11.3 Å². The molecule has 7 heteroatoms. The summed E-state index contributed by atoms with van der Waals surface area (Å²) in [6, 6.07) is 19.2. The Kier molecular flexibility index (Phi) is 5.64. The Balaban J connectivity index is 0.00000240. The first-order valence-corrected chi connectivity index (χ1v) is 8.95. The summed E-state index contributed by atoms with van der Waals surface area (Å²) < 4.78 is 11.7. The molecular weight excluding hydrogens is 388 g/mol. The third-order valence-corrected chi connectivity index (χ3v) is 4.51. The maximum atomic E-state index is 9.71. The van der Waals surface area contributed by atoms with Crippen molar-refractivity contribution in [3.05, 3.63) is 77.6 Å². The number of halogens is 1. The molecule has 0 spiro atoms. The molecule has 2 aromatic rings. The van der Waals surface area contributed by atoms with Crippen molar-refractivity contribution in [3.8, 4) is 17.6 Å². The number of hydrazone groups is 1. The molecule has 29 heavy (non-hydrogen) atoms. The van der Waals surface area contributed by atoms with Crippen LogP contribution < -0.4 is 15.5 Å². The highest BCUT2D eigenvalue weighted by atomic mass is 35.5. The van der Waals surface area contributed by atoms with Gasteiger partial charge in [-0.05, 0) is 44.2 Å². The van der Waals surface area contributed by atoms with Gasteiger partial charge in [0, 0.05) is 11.6 Å². The van der Waals surface area contributed by atoms with Crippen molar-refractivity contribution in [2.75, 3.05) is 11.6 Å². The van der Waals surface area contributed by atoms with E-state index in [1.807, 2.05) is 74.5 Å². The van der Waals surface area contributed by atoms with Crippen LogP contribution in [0.25, 0.3) is 0 Å². The number of nitrogens with zero attached hydrogens (tertiary/aromatic N) is 3. The fourth-order valence-corrected chi connectivity index (χ4v) is 3.14. The Morgan fingerprint density at radius 1 is 1.14 bits per heavy atom. The van der Waals surface area contributed by atoms with Gasteiger partial charge in [0.05, 0.1) is 23.6 Å². The molecule has 0 saturated carbocycles. The molecule has 0 amide bonds. The number of allylic oxidation sites excluding steroid dienone is 1. The molecule has 2 aliphatic heterocycles. The first kappa shape index (κ1) is 20.5. The van der Waals surface area contributed by atoms with Crippen molar-refractivity contribution in [2.24, 2.45) is 10.8 Å². The molecule has 0 bridgehead atoms. The zero-order valence-electron chi connectivity index (χ0n) is 16.1. The molecule has 2 N–H and O–H groups in total. The standard InChI is InChI=1S/C22H20N4O2.ClH/c1-22(2)12-18-19(13-23)21(24)26(25-20(18)14-27-22)15-7-6-10-17(11-15)28-16-8-4-3-5-9-16;/h3-12H,14,24H2,1-2H3;1H. The minimum absolute atomic E-state index is 0. The molecule has 6 nitrogen and oxygen atoms in total. The van der Waals surface area contributed by atoms with Crippen LogP contribution in [0.4, 0.5) is 5.69 Å². The average Bonchev–Trinajstić information content (AvgIpc) is 2.68. The smallest absolute Gasteiger partial charge is 0.144 e. The zero-order chi connectivity index (χ0) is 19.7. The van der Waals surface area contributed by atoms with Crippen LogP contribution in [0.2, 0.25) is 0 Å². The predicted molar refractivity (Wildman–Crippen MR) is 115 cm³/mol. The van der Waals surface area contributed by atoms with Crippen LogP contribution in [0, 0.1) is 11.3 Å². The van der Waals surface area contributed by atoms with Crippen LogP contribution in [0.3, 0.4) is 0 Å². The largest absolute Gasteiger partial charge is 0.457 e. The highest BCUT2D eigenvalue weighted by Gasteiger charge is 2.33. The lowest BCUT2D eigenvalue weighted by Gasteiger charge is -2.34. The number of rotatable bonds is 3. The second kappa shape index (κ2) is 8.00. The van der Waals surface area contributed by atoms with E-state index in [0.29, 0.717) is 29.3 Å². The highest BCUT2D eigenvalue weighted by Crippen LogP contribution is 2.34. The second-order valence-electron chi connectivity index (χ2n) is 7.09. The van der Waals surface area contributed by atoms with Crippen LogP contribution in [0.1, 0.15) is 13.8 Å². The van der Waals surface area contributed by atoms with Gasteiger partial charge >= 0.3 is 0 Å². The van der Waals surface area contributed by atoms with Gasteiger partial charge in [-0.25, -0.2) is 5.01 Å². The third kappa shape index (κ3) is 4.11. The van der Waals surface area contributed by atoms with Crippen LogP contribution in [0.5, 0.6) is 11.5 Å². The Hall–Kier alpha value is -3.27.